The number of carbonyl (C=O) groups is 1. The van der Waals surface area contributed by atoms with Gasteiger partial charge in [0.2, 0.25) is 5.91 Å². The quantitative estimate of drug-likeness (QED) is 0.743. The van der Waals surface area contributed by atoms with E-state index in [0.717, 1.165) is 25.1 Å². The van der Waals surface area contributed by atoms with Crippen LogP contribution in [0.5, 0.6) is 0 Å². The van der Waals surface area contributed by atoms with Gasteiger partial charge in [-0.3, -0.25) is 4.79 Å². The van der Waals surface area contributed by atoms with E-state index in [2.05, 4.69) is 38.6 Å². The van der Waals surface area contributed by atoms with Crippen molar-refractivity contribution in [1.82, 2.24) is 0 Å². The van der Waals surface area contributed by atoms with Gasteiger partial charge < -0.3 is 4.90 Å². The summed E-state index contributed by atoms with van der Waals surface area (Å²) in [5.41, 5.74) is 3.69. The highest BCUT2D eigenvalue weighted by atomic mass is 16.2. The molecule has 2 heteroatoms. The van der Waals surface area contributed by atoms with Crippen molar-refractivity contribution in [3.63, 3.8) is 0 Å². The lowest BCUT2D eigenvalue weighted by molar-refractivity contribution is -0.117. The van der Waals surface area contributed by atoms with Gasteiger partial charge in [-0.2, -0.15) is 0 Å². The highest BCUT2D eigenvalue weighted by Crippen LogP contribution is 2.32. The average Bonchev–Trinajstić information content (AvgIpc) is 2.78. The second-order valence-corrected chi connectivity index (χ2v) is 4.84. The van der Waals surface area contributed by atoms with Gasteiger partial charge in [0.15, 0.2) is 0 Å². The Morgan fingerprint density at radius 3 is 2.39 bits per heavy atom. The summed E-state index contributed by atoms with van der Waals surface area (Å²) in [6.07, 6.45) is 4.43. The normalized spacial score (nSPS) is 19.3. The maximum Gasteiger partial charge on any atom is 0.227 e. The number of para-hydroxylation sites is 1. The number of anilines is 1. The first-order valence-electron chi connectivity index (χ1n) is 6.74. The Labute approximate surface area is 109 Å². The van der Waals surface area contributed by atoms with Crippen molar-refractivity contribution in [3.05, 3.63) is 42.0 Å². The van der Waals surface area contributed by atoms with Crippen LogP contribution in [0.25, 0.3) is 0 Å². The van der Waals surface area contributed by atoms with Crippen molar-refractivity contribution in [2.75, 3.05) is 11.4 Å². The molecule has 0 aromatic heterocycles. The minimum Gasteiger partial charge on any atom is -0.311 e. The largest absolute Gasteiger partial charge is 0.311 e. The Hall–Kier alpha value is -1.57. The van der Waals surface area contributed by atoms with Crippen LogP contribution in [0.1, 0.15) is 31.4 Å². The second kappa shape index (κ2) is 5.38. The van der Waals surface area contributed by atoms with E-state index in [-0.39, 0.29) is 5.91 Å². The Morgan fingerprint density at radius 2 is 1.94 bits per heavy atom. The summed E-state index contributed by atoms with van der Waals surface area (Å²) in [7, 11) is 0. The van der Waals surface area contributed by atoms with Crippen molar-refractivity contribution < 1.29 is 4.79 Å². The zero-order chi connectivity index (χ0) is 13.1. The third-order valence-corrected chi connectivity index (χ3v) is 3.72. The molecule has 0 spiro atoms. The standard InChI is InChI=1S/C16H21NO/c1-4-12-10-15(18)17(11-12)16-13(5-2)8-7-9-14(16)6-3/h4,7-9,12H,1,5-6,10-11H2,2-3H3. The molecule has 0 aliphatic carbocycles. The third-order valence-electron chi connectivity index (χ3n) is 3.72. The lowest BCUT2D eigenvalue weighted by atomic mass is 10.0. The van der Waals surface area contributed by atoms with E-state index in [1.54, 1.807) is 0 Å². The van der Waals surface area contributed by atoms with Gasteiger partial charge >= 0.3 is 0 Å². The number of carbonyl (C=O) groups excluding carboxylic acids is 1. The molecule has 1 saturated heterocycles. The van der Waals surface area contributed by atoms with Crippen molar-refractivity contribution in [2.24, 2.45) is 5.92 Å². The number of nitrogens with zero attached hydrogens (tertiary/aromatic N) is 1. The summed E-state index contributed by atoms with van der Waals surface area (Å²) < 4.78 is 0. The van der Waals surface area contributed by atoms with Crippen LogP contribution in [-0.4, -0.2) is 12.5 Å². The van der Waals surface area contributed by atoms with Gasteiger partial charge in [-0.05, 0) is 24.0 Å². The highest BCUT2D eigenvalue weighted by molar-refractivity contribution is 5.97. The molecule has 1 amide bonds. The topological polar surface area (TPSA) is 20.3 Å². The van der Waals surface area contributed by atoms with E-state index in [9.17, 15) is 4.79 Å². The SMILES string of the molecule is C=CC1CC(=O)N(c2c(CC)cccc2CC)C1. The summed E-state index contributed by atoms with van der Waals surface area (Å²) in [5.74, 6) is 0.530. The predicted octanol–water partition coefficient (Wildman–Crippen LogP) is 3.35. The fourth-order valence-corrected chi connectivity index (χ4v) is 2.67. The van der Waals surface area contributed by atoms with E-state index in [1.165, 1.54) is 11.1 Å². The molecule has 2 rings (SSSR count). The van der Waals surface area contributed by atoms with Crippen LogP contribution in [-0.2, 0) is 17.6 Å². The summed E-state index contributed by atoms with van der Waals surface area (Å²) >= 11 is 0. The Kier molecular flexibility index (Phi) is 3.85. The number of amides is 1. The minimum atomic E-state index is 0.232. The molecule has 1 aromatic carbocycles. The van der Waals surface area contributed by atoms with Crippen molar-refractivity contribution in [2.45, 2.75) is 33.1 Å². The third kappa shape index (κ3) is 2.20. The van der Waals surface area contributed by atoms with Gasteiger partial charge in [0, 0.05) is 24.6 Å². The van der Waals surface area contributed by atoms with Gasteiger partial charge in [0.05, 0.1) is 0 Å². The van der Waals surface area contributed by atoms with Gasteiger partial charge in [0.1, 0.15) is 0 Å². The summed E-state index contributed by atoms with van der Waals surface area (Å²) in [6.45, 7) is 8.88. The fraction of sp³-hybridized carbons (Fsp3) is 0.438. The van der Waals surface area contributed by atoms with Crippen LogP contribution in [0.2, 0.25) is 0 Å². The molecule has 1 aliphatic heterocycles. The Morgan fingerprint density at radius 1 is 1.33 bits per heavy atom. The first kappa shape index (κ1) is 12.9. The molecule has 1 aliphatic rings. The summed E-state index contributed by atoms with van der Waals surface area (Å²) in [4.78, 5) is 14.1. The summed E-state index contributed by atoms with van der Waals surface area (Å²) in [6, 6.07) is 6.35. The van der Waals surface area contributed by atoms with Crippen LogP contribution in [0.3, 0.4) is 0 Å². The Bertz CT molecular complexity index is 442. The lowest BCUT2D eigenvalue weighted by Crippen LogP contribution is -2.26. The smallest absolute Gasteiger partial charge is 0.227 e. The highest BCUT2D eigenvalue weighted by Gasteiger charge is 2.30. The average molecular weight is 243 g/mol. The minimum absolute atomic E-state index is 0.232. The van der Waals surface area contributed by atoms with Gasteiger partial charge in [0.25, 0.3) is 0 Å². The maximum atomic E-state index is 12.2. The summed E-state index contributed by atoms with van der Waals surface area (Å²) in [5, 5.41) is 0. The number of benzene rings is 1. The molecule has 0 saturated carbocycles. The van der Waals surface area contributed by atoms with Crippen molar-refractivity contribution in [3.8, 4) is 0 Å². The maximum absolute atomic E-state index is 12.2. The van der Waals surface area contributed by atoms with Crippen LogP contribution in [0, 0.1) is 5.92 Å². The van der Waals surface area contributed by atoms with Gasteiger partial charge in [-0.1, -0.05) is 38.1 Å². The molecule has 1 fully saturated rings. The monoisotopic (exact) mass is 243 g/mol. The molecule has 2 nitrogen and oxygen atoms in total. The zero-order valence-electron chi connectivity index (χ0n) is 11.3. The van der Waals surface area contributed by atoms with Crippen LogP contribution in [0.4, 0.5) is 5.69 Å². The van der Waals surface area contributed by atoms with E-state index in [4.69, 9.17) is 0 Å². The Balaban J connectivity index is 2.43. The van der Waals surface area contributed by atoms with Crippen LogP contribution in [0.15, 0.2) is 30.9 Å². The number of hydrogen-bond acceptors (Lipinski definition) is 1. The fourth-order valence-electron chi connectivity index (χ4n) is 2.67. The molecule has 18 heavy (non-hydrogen) atoms. The van der Waals surface area contributed by atoms with E-state index in [1.807, 2.05) is 11.0 Å². The lowest BCUT2D eigenvalue weighted by Gasteiger charge is -2.23. The van der Waals surface area contributed by atoms with Gasteiger partial charge in [-0.15, -0.1) is 6.58 Å². The molecule has 1 heterocycles. The molecule has 0 bridgehead atoms. The first-order valence-corrected chi connectivity index (χ1v) is 6.74. The predicted molar refractivity (Wildman–Crippen MR) is 75.9 cm³/mol. The molecule has 1 atom stereocenters. The number of hydrogen-bond donors (Lipinski definition) is 0. The van der Waals surface area contributed by atoms with E-state index >= 15 is 0 Å². The molecular weight excluding hydrogens is 222 g/mol. The van der Waals surface area contributed by atoms with E-state index in [0.29, 0.717) is 12.3 Å². The number of rotatable bonds is 4. The van der Waals surface area contributed by atoms with Crippen LogP contribution >= 0.6 is 0 Å². The van der Waals surface area contributed by atoms with Crippen molar-refractivity contribution in [1.29, 1.82) is 0 Å². The van der Waals surface area contributed by atoms with Crippen molar-refractivity contribution >= 4 is 11.6 Å². The van der Waals surface area contributed by atoms with Gasteiger partial charge in [-0.25, -0.2) is 0 Å². The molecule has 96 valence electrons. The molecule has 1 unspecified atom stereocenters. The zero-order valence-corrected chi connectivity index (χ0v) is 11.3. The first-order chi connectivity index (χ1) is 8.71. The molecule has 0 radical (unpaired) electrons. The second-order valence-electron chi connectivity index (χ2n) is 4.84. The number of aryl methyl sites for hydroxylation is 2. The molecule has 0 N–H and O–H groups in total. The van der Waals surface area contributed by atoms with Crippen LogP contribution < -0.4 is 4.90 Å². The molecule has 1 aromatic rings. The molecular formula is C16H21NO. The van der Waals surface area contributed by atoms with E-state index < -0.39 is 0 Å².